The van der Waals surface area contributed by atoms with Crippen LogP contribution in [0.25, 0.3) is 11.3 Å². The number of anilines is 1. The van der Waals surface area contributed by atoms with Crippen LogP contribution in [0.1, 0.15) is 5.56 Å². The van der Waals surface area contributed by atoms with Crippen LogP contribution in [0.5, 0.6) is 5.75 Å². The maximum atomic E-state index is 12.0. The van der Waals surface area contributed by atoms with Crippen molar-refractivity contribution in [3.8, 4) is 23.1 Å². The van der Waals surface area contributed by atoms with Crippen LogP contribution in [0.15, 0.2) is 60.8 Å². The maximum Gasteiger partial charge on any atom is 0.262 e. The molecule has 6 heteroatoms. The van der Waals surface area contributed by atoms with Crippen LogP contribution in [0, 0.1) is 11.3 Å². The number of aromatic nitrogens is 2. The molecule has 0 spiro atoms. The Labute approximate surface area is 138 Å². The molecule has 0 atom stereocenters. The molecule has 0 saturated heterocycles. The number of aromatic amines is 1. The lowest BCUT2D eigenvalue weighted by Gasteiger charge is -2.09. The van der Waals surface area contributed by atoms with Crippen LogP contribution in [-0.4, -0.2) is 22.7 Å². The number of carbonyl (C=O) groups excluding carboxylic acids is 1. The molecule has 0 radical (unpaired) electrons. The van der Waals surface area contributed by atoms with Crippen molar-refractivity contribution in [2.75, 3.05) is 11.9 Å². The molecule has 24 heavy (non-hydrogen) atoms. The third-order valence-corrected chi connectivity index (χ3v) is 3.35. The van der Waals surface area contributed by atoms with Crippen LogP contribution in [0.2, 0.25) is 0 Å². The highest BCUT2D eigenvalue weighted by Crippen LogP contribution is 2.19. The first-order valence-electron chi connectivity index (χ1n) is 7.28. The third kappa shape index (κ3) is 3.59. The topological polar surface area (TPSA) is 90.8 Å². The Bertz CT molecular complexity index is 865. The van der Waals surface area contributed by atoms with Crippen LogP contribution in [0.4, 0.5) is 5.69 Å². The zero-order valence-corrected chi connectivity index (χ0v) is 12.7. The van der Waals surface area contributed by atoms with Crippen molar-refractivity contribution in [3.05, 3.63) is 66.4 Å². The second-order valence-electron chi connectivity index (χ2n) is 4.99. The molecule has 2 aromatic carbocycles. The number of H-pyrrole nitrogens is 1. The summed E-state index contributed by atoms with van der Waals surface area (Å²) in [6, 6.07) is 18.1. The summed E-state index contributed by atoms with van der Waals surface area (Å²) in [5.74, 6) is 0.0989. The third-order valence-electron chi connectivity index (χ3n) is 3.35. The first kappa shape index (κ1) is 15.3. The highest BCUT2D eigenvalue weighted by atomic mass is 16.5. The van der Waals surface area contributed by atoms with Gasteiger partial charge in [-0.3, -0.25) is 9.89 Å². The summed E-state index contributed by atoms with van der Waals surface area (Å²) in [4.78, 5) is 12.0. The van der Waals surface area contributed by atoms with E-state index in [1.807, 2.05) is 24.3 Å². The molecule has 0 bridgehead atoms. The Hall–Kier alpha value is -3.59. The number of ether oxygens (including phenoxy) is 1. The quantitative estimate of drug-likeness (QED) is 0.756. The van der Waals surface area contributed by atoms with E-state index in [-0.39, 0.29) is 12.5 Å². The van der Waals surface area contributed by atoms with Crippen molar-refractivity contribution in [3.63, 3.8) is 0 Å². The van der Waals surface area contributed by atoms with Crippen molar-refractivity contribution in [2.45, 2.75) is 0 Å². The number of hydrogen-bond acceptors (Lipinski definition) is 4. The maximum absolute atomic E-state index is 12.0. The van der Waals surface area contributed by atoms with Crippen molar-refractivity contribution >= 4 is 11.6 Å². The van der Waals surface area contributed by atoms with E-state index in [4.69, 9.17) is 10.00 Å². The number of hydrogen-bond donors (Lipinski definition) is 2. The summed E-state index contributed by atoms with van der Waals surface area (Å²) in [7, 11) is 0. The van der Waals surface area contributed by atoms with Gasteiger partial charge in [-0.15, -0.1) is 0 Å². The van der Waals surface area contributed by atoms with E-state index >= 15 is 0 Å². The van der Waals surface area contributed by atoms with E-state index in [2.05, 4.69) is 15.5 Å². The van der Waals surface area contributed by atoms with Gasteiger partial charge in [0.2, 0.25) is 0 Å². The largest absolute Gasteiger partial charge is 0.482 e. The van der Waals surface area contributed by atoms with Crippen molar-refractivity contribution in [1.29, 1.82) is 5.26 Å². The van der Waals surface area contributed by atoms with Gasteiger partial charge < -0.3 is 10.1 Å². The normalized spacial score (nSPS) is 9.96. The monoisotopic (exact) mass is 318 g/mol. The molecule has 3 aromatic rings. The molecule has 6 nitrogen and oxygen atoms in total. The zero-order chi connectivity index (χ0) is 16.8. The van der Waals surface area contributed by atoms with Crippen LogP contribution in [-0.2, 0) is 4.79 Å². The number of nitriles is 1. The lowest BCUT2D eigenvalue weighted by Crippen LogP contribution is -2.20. The van der Waals surface area contributed by atoms with Crippen LogP contribution >= 0.6 is 0 Å². The first-order valence-corrected chi connectivity index (χ1v) is 7.28. The summed E-state index contributed by atoms with van der Waals surface area (Å²) >= 11 is 0. The van der Waals surface area contributed by atoms with Gasteiger partial charge in [-0.2, -0.15) is 10.4 Å². The molecule has 0 aliphatic heterocycles. The minimum Gasteiger partial charge on any atom is -0.482 e. The Morgan fingerprint density at radius 2 is 1.96 bits per heavy atom. The fourth-order valence-corrected chi connectivity index (χ4v) is 2.18. The number of rotatable bonds is 5. The Morgan fingerprint density at radius 1 is 1.17 bits per heavy atom. The van der Waals surface area contributed by atoms with Crippen molar-refractivity contribution in [2.24, 2.45) is 0 Å². The molecule has 1 amide bonds. The van der Waals surface area contributed by atoms with Gasteiger partial charge in [0.15, 0.2) is 6.61 Å². The van der Waals surface area contributed by atoms with E-state index in [9.17, 15) is 4.79 Å². The van der Waals surface area contributed by atoms with Gasteiger partial charge in [-0.25, -0.2) is 0 Å². The molecule has 2 N–H and O–H groups in total. The predicted octanol–water partition coefficient (Wildman–Crippen LogP) is 2.97. The van der Waals surface area contributed by atoms with Gasteiger partial charge in [0.1, 0.15) is 11.8 Å². The smallest absolute Gasteiger partial charge is 0.262 e. The van der Waals surface area contributed by atoms with Gasteiger partial charge in [-0.05, 0) is 35.9 Å². The molecule has 1 heterocycles. The lowest BCUT2D eigenvalue weighted by atomic mass is 10.1. The summed E-state index contributed by atoms with van der Waals surface area (Å²) in [6.45, 7) is -0.166. The van der Waals surface area contributed by atoms with E-state index < -0.39 is 0 Å². The number of nitrogens with one attached hydrogen (secondary N) is 2. The van der Waals surface area contributed by atoms with Gasteiger partial charge in [0, 0.05) is 11.9 Å². The summed E-state index contributed by atoms with van der Waals surface area (Å²) < 4.78 is 5.40. The molecule has 0 unspecified atom stereocenters. The lowest BCUT2D eigenvalue weighted by molar-refractivity contribution is -0.118. The molecule has 0 aliphatic carbocycles. The van der Waals surface area contributed by atoms with Crippen molar-refractivity contribution < 1.29 is 9.53 Å². The fourth-order valence-electron chi connectivity index (χ4n) is 2.18. The molecule has 1 aromatic heterocycles. The first-order chi connectivity index (χ1) is 11.8. The Morgan fingerprint density at radius 3 is 2.67 bits per heavy atom. The van der Waals surface area contributed by atoms with Gasteiger partial charge in [-0.1, -0.05) is 24.3 Å². The number of amides is 1. The Balaban J connectivity index is 1.58. The SMILES string of the molecule is N#Cc1ccccc1OCC(=O)Nc1ccc(-c2ccn[nH]2)cc1. The van der Waals surface area contributed by atoms with E-state index in [1.54, 1.807) is 42.6 Å². The highest BCUT2D eigenvalue weighted by molar-refractivity contribution is 5.92. The Kier molecular flexibility index (Phi) is 4.54. The second kappa shape index (κ2) is 7.11. The second-order valence-corrected chi connectivity index (χ2v) is 4.99. The minimum atomic E-state index is -0.294. The minimum absolute atomic E-state index is 0.166. The van der Waals surface area contributed by atoms with E-state index in [0.717, 1.165) is 11.3 Å². The van der Waals surface area contributed by atoms with Gasteiger partial charge >= 0.3 is 0 Å². The molecular weight excluding hydrogens is 304 g/mol. The van der Waals surface area contributed by atoms with Crippen LogP contribution < -0.4 is 10.1 Å². The summed E-state index contributed by atoms with van der Waals surface area (Å²) in [5.41, 5.74) is 2.95. The number of benzene rings is 2. The molecule has 3 rings (SSSR count). The van der Waals surface area contributed by atoms with E-state index in [0.29, 0.717) is 17.0 Å². The number of para-hydroxylation sites is 1. The van der Waals surface area contributed by atoms with Crippen LogP contribution in [0.3, 0.4) is 0 Å². The van der Waals surface area contributed by atoms with Gasteiger partial charge in [0.25, 0.3) is 5.91 Å². The number of nitrogens with zero attached hydrogens (tertiary/aromatic N) is 2. The predicted molar refractivity (Wildman–Crippen MR) is 89.3 cm³/mol. The molecular formula is C18H14N4O2. The molecule has 0 saturated carbocycles. The summed E-state index contributed by atoms with van der Waals surface area (Å²) in [6.07, 6.45) is 1.68. The highest BCUT2D eigenvalue weighted by Gasteiger charge is 2.07. The zero-order valence-electron chi connectivity index (χ0n) is 12.7. The van der Waals surface area contributed by atoms with Gasteiger partial charge in [0.05, 0.1) is 11.3 Å². The average molecular weight is 318 g/mol. The average Bonchev–Trinajstić information content (AvgIpc) is 3.15. The van der Waals surface area contributed by atoms with Crippen molar-refractivity contribution in [1.82, 2.24) is 10.2 Å². The fraction of sp³-hybridized carbons (Fsp3) is 0.0556. The standard InChI is InChI=1S/C18H14N4O2/c19-11-14-3-1-2-4-17(14)24-12-18(23)21-15-7-5-13(6-8-15)16-9-10-20-22-16/h1-10H,12H2,(H,20,22)(H,21,23). The number of carbonyl (C=O) groups is 1. The molecule has 0 fully saturated rings. The molecule has 0 aliphatic rings. The molecule has 118 valence electrons. The summed E-state index contributed by atoms with van der Waals surface area (Å²) in [5, 5.41) is 18.5. The van der Waals surface area contributed by atoms with E-state index in [1.165, 1.54) is 0 Å².